The van der Waals surface area contributed by atoms with Gasteiger partial charge in [-0.05, 0) is 30.9 Å². The third-order valence-corrected chi connectivity index (χ3v) is 3.18. The van der Waals surface area contributed by atoms with Gasteiger partial charge in [0.2, 0.25) is 0 Å². The van der Waals surface area contributed by atoms with E-state index < -0.39 is 0 Å². The Morgan fingerprint density at radius 3 is 2.44 bits per heavy atom. The lowest BCUT2D eigenvalue weighted by atomic mass is 10.1. The number of nitrogens with zero attached hydrogens (tertiary/aromatic N) is 1. The van der Waals surface area contributed by atoms with Gasteiger partial charge in [0.05, 0.1) is 0 Å². The fourth-order valence-corrected chi connectivity index (χ4v) is 1.92. The van der Waals surface area contributed by atoms with Gasteiger partial charge in [0.25, 0.3) is 5.91 Å². The van der Waals surface area contributed by atoms with Gasteiger partial charge in [-0.1, -0.05) is 39.3 Å². The van der Waals surface area contributed by atoms with Crippen LogP contribution >= 0.6 is 11.6 Å². The minimum atomic E-state index is -0.0742. The van der Waals surface area contributed by atoms with E-state index in [1.165, 1.54) is 0 Å². The van der Waals surface area contributed by atoms with Gasteiger partial charge in [0, 0.05) is 17.3 Å². The first-order valence-electron chi connectivity index (χ1n) is 6.46. The van der Waals surface area contributed by atoms with Crippen LogP contribution < -0.4 is 5.32 Å². The molecule has 0 aromatic carbocycles. The summed E-state index contributed by atoms with van der Waals surface area (Å²) in [5, 5.41) is 3.37. The van der Waals surface area contributed by atoms with E-state index in [1.54, 1.807) is 6.07 Å². The monoisotopic (exact) mass is 268 g/mol. The zero-order chi connectivity index (χ0) is 13.7. The van der Waals surface area contributed by atoms with Crippen LogP contribution in [0.4, 0.5) is 0 Å². The van der Waals surface area contributed by atoms with Crippen molar-refractivity contribution >= 4 is 17.5 Å². The molecule has 0 aliphatic carbocycles. The molecule has 0 unspecified atom stereocenters. The molecular formula is C14H21ClN2O. The van der Waals surface area contributed by atoms with Gasteiger partial charge < -0.3 is 5.32 Å². The minimum absolute atomic E-state index is 0.0742. The van der Waals surface area contributed by atoms with Gasteiger partial charge in [0.1, 0.15) is 5.15 Å². The Morgan fingerprint density at radius 2 is 1.94 bits per heavy atom. The predicted molar refractivity (Wildman–Crippen MR) is 75.2 cm³/mol. The maximum Gasteiger partial charge on any atom is 0.251 e. The number of aromatic nitrogens is 1. The highest BCUT2D eigenvalue weighted by Gasteiger charge is 2.13. The molecule has 18 heavy (non-hydrogen) atoms. The highest BCUT2D eigenvalue weighted by atomic mass is 35.5. The fraction of sp³-hybridized carbons (Fsp3) is 0.571. The average molecular weight is 269 g/mol. The smallest absolute Gasteiger partial charge is 0.251 e. The maximum absolute atomic E-state index is 12.1. The summed E-state index contributed by atoms with van der Waals surface area (Å²) in [5.74, 6) is 0.179. The number of amides is 1. The molecule has 1 N–H and O–H groups in total. The van der Waals surface area contributed by atoms with Crippen molar-refractivity contribution in [1.82, 2.24) is 10.3 Å². The molecule has 0 atom stereocenters. The van der Waals surface area contributed by atoms with Crippen LogP contribution in [-0.2, 0) is 0 Å². The van der Waals surface area contributed by atoms with Crippen LogP contribution in [0.2, 0.25) is 5.15 Å². The van der Waals surface area contributed by atoms with Crippen molar-refractivity contribution in [3.63, 3.8) is 0 Å². The second-order valence-electron chi connectivity index (χ2n) is 4.74. The molecule has 0 bridgehead atoms. The van der Waals surface area contributed by atoms with E-state index in [2.05, 4.69) is 24.1 Å². The summed E-state index contributed by atoms with van der Waals surface area (Å²) in [5.41, 5.74) is 1.43. The van der Waals surface area contributed by atoms with Gasteiger partial charge in [0.15, 0.2) is 0 Å². The standard InChI is InChI=1S/C14H21ClN2O/c1-5-11(6-2)16-14(18)10-7-12(9(3)4)17-13(15)8-10/h7-9,11H,5-6H2,1-4H3,(H,16,18). The van der Waals surface area contributed by atoms with Crippen LogP contribution in [-0.4, -0.2) is 16.9 Å². The fourth-order valence-electron chi connectivity index (χ4n) is 1.71. The zero-order valence-electron chi connectivity index (χ0n) is 11.5. The van der Waals surface area contributed by atoms with E-state index in [0.29, 0.717) is 10.7 Å². The van der Waals surface area contributed by atoms with E-state index in [-0.39, 0.29) is 17.9 Å². The molecule has 0 saturated heterocycles. The highest BCUT2D eigenvalue weighted by Crippen LogP contribution is 2.17. The number of halogens is 1. The van der Waals surface area contributed by atoms with E-state index in [4.69, 9.17) is 11.6 Å². The molecule has 0 radical (unpaired) electrons. The molecule has 1 aromatic heterocycles. The summed E-state index contributed by atoms with van der Waals surface area (Å²) in [7, 11) is 0. The number of carbonyl (C=O) groups excluding carboxylic acids is 1. The summed E-state index contributed by atoms with van der Waals surface area (Å²) in [6.45, 7) is 8.18. The summed E-state index contributed by atoms with van der Waals surface area (Å²) >= 11 is 5.95. The lowest BCUT2D eigenvalue weighted by Gasteiger charge is -2.15. The van der Waals surface area contributed by atoms with Crippen LogP contribution in [0.25, 0.3) is 0 Å². The summed E-state index contributed by atoms with van der Waals surface area (Å²) in [6, 6.07) is 3.64. The molecule has 3 nitrogen and oxygen atoms in total. The normalized spacial score (nSPS) is 11.1. The SMILES string of the molecule is CCC(CC)NC(=O)c1cc(Cl)nc(C(C)C)c1. The third-order valence-electron chi connectivity index (χ3n) is 2.99. The summed E-state index contributed by atoms with van der Waals surface area (Å²) in [6.07, 6.45) is 1.86. The molecule has 100 valence electrons. The second kappa shape index (κ2) is 6.74. The first kappa shape index (κ1) is 15.0. The minimum Gasteiger partial charge on any atom is -0.349 e. The molecule has 0 aliphatic heterocycles. The third kappa shape index (κ3) is 3.98. The van der Waals surface area contributed by atoms with Crippen molar-refractivity contribution in [2.24, 2.45) is 0 Å². The Kier molecular flexibility index (Phi) is 5.60. The van der Waals surface area contributed by atoms with E-state index >= 15 is 0 Å². The van der Waals surface area contributed by atoms with E-state index in [1.807, 2.05) is 19.9 Å². The molecule has 0 fully saturated rings. The Labute approximate surface area is 114 Å². The first-order valence-corrected chi connectivity index (χ1v) is 6.84. The molecule has 1 heterocycles. The number of nitrogens with one attached hydrogen (secondary N) is 1. The van der Waals surface area contributed by atoms with Gasteiger partial charge in [-0.15, -0.1) is 0 Å². The Morgan fingerprint density at radius 1 is 1.33 bits per heavy atom. The van der Waals surface area contributed by atoms with E-state index in [0.717, 1.165) is 18.5 Å². The molecule has 0 aliphatic rings. The lowest BCUT2D eigenvalue weighted by molar-refractivity contribution is 0.0934. The second-order valence-corrected chi connectivity index (χ2v) is 5.13. The molecule has 1 amide bonds. The Bertz CT molecular complexity index is 414. The van der Waals surface area contributed by atoms with Crippen LogP contribution in [0.1, 0.15) is 62.5 Å². The first-order chi connectivity index (χ1) is 8.47. The van der Waals surface area contributed by atoms with Crippen molar-refractivity contribution in [2.45, 2.75) is 52.5 Å². The van der Waals surface area contributed by atoms with Crippen molar-refractivity contribution in [2.75, 3.05) is 0 Å². The number of hydrogen-bond donors (Lipinski definition) is 1. The predicted octanol–water partition coefficient (Wildman–Crippen LogP) is 3.78. The van der Waals surface area contributed by atoms with Gasteiger partial charge in [-0.25, -0.2) is 4.98 Å². The number of rotatable bonds is 5. The quantitative estimate of drug-likeness (QED) is 0.826. The number of pyridine rings is 1. The van der Waals surface area contributed by atoms with Crippen LogP contribution in [0.15, 0.2) is 12.1 Å². The van der Waals surface area contributed by atoms with Crippen LogP contribution in [0.5, 0.6) is 0 Å². The molecule has 1 rings (SSSR count). The van der Waals surface area contributed by atoms with Crippen LogP contribution in [0.3, 0.4) is 0 Å². The maximum atomic E-state index is 12.1. The molecule has 1 aromatic rings. The van der Waals surface area contributed by atoms with Gasteiger partial charge in [-0.3, -0.25) is 4.79 Å². The van der Waals surface area contributed by atoms with E-state index in [9.17, 15) is 4.79 Å². The molecule has 0 spiro atoms. The summed E-state index contributed by atoms with van der Waals surface area (Å²) < 4.78 is 0. The zero-order valence-corrected chi connectivity index (χ0v) is 12.2. The average Bonchev–Trinajstić information content (AvgIpc) is 2.34. The van der Waals surface area contributed by atoms with Crippen molar-refractivity contribution < 1.29 is 4.79 Å². The highest BCUT2D eigenvalue weighted by molar-refractivity contribution is 6.29. The summed E-state index contributed by atoms with van der Waals surface area (Å²) in [4.78, 5) is 16.3. The Hall–Kier alpha value is -1.09. The molecular weight excluding hydrogens is 248 g/mol. The van der Waals surface area contributed by atoms with Crippen molar-refractivity contribution in [3.8, 4) is 0 Å². The molecule has 4 heteroatoms. The number of hydrogen-bond acceptors (Lipinski definition) is 2. The largest absolute Gasteiger partial charge is 0.349 e. The molecule has 0 saturated carbocycles. The van der Waals surface area contributed by atoms with Gasteiger partial charge >= 0.3 is 0 Å². The Balaban J connectivity index is 2.91. The topological polar surface area (TPSA) is 42.0 Å². The van der Waals surface area contributed by atoms with Crippen molar-refractivity contribution in [1.29, 1.82) is 0 Å². The number of carbonyl (C=O) groups is 1. The van der Waals surface area contributed by atoms with Crippen LogP contribution in [0, 0.1) is 0 Å². The lowest BCUT2D eigenvalue weighted by Crippen LogP contribution is -2.33. The van der Waals surface area contributed by atoms with Crippen molar-refractivity contribution in [3.05, 3.63) is 28.5 Å². The van der Waals surface area contributed by atoms with Gasteiger partial charge in [-0.2, -0.15) is 0 Å².